The van der Waals surface area contributed by atoms with Crippen molar-refractivity contribution < 1.29 is 60.9 Å². The topological polar surface area (TPSA) is 37.3 Å². The first-order chi connectivity index (χ1) is 10.8. The van der Waals surface area contributed by atoms with Crippen molar-refractivity contribution >= 4 is 34.5 Å². The number of allylic oxidation sites excluding steroid dienone is 4. The van der Waals surface area contributed by atoms with Gasteiger partial charge in [0.2, 0.25) is 0 Å². The predicted octanol–water partition coefficient (Wildman–Crippen LogP) is -5.21. The average Bonchev–Trinajstić information content (AvgIpc) is 3.20. The van der Waals surface area contributed by atoms with Crippen LogP contribution in [-0.4, -0.2) is 35.1 Å². The van der Waals surface area contributed by atoms with Crippen LogP contribution >= 0.6 is 0 Å². The van der Waals surface area contributed by atoms with Crippen LogP contribution in [0.1, 0.15) is 6.92 Å². The maximum absolute atomic E-state index is 12.2. The van der Waals surface area contributed by atoms with Crippen LogP contribution in [0.15, 0.2) is 40.2 Å². The molecule has 2 aliphatic carbocycles. The van der Waals surface area contributed by atoms with Crippen molar-refractivity contribution in [3.8, 4) is 0 Å². The number of hydrogen-bond acceptors (Lipinski definition) is 2. The predicted molar refractivity (Wildman–Crippen MR) is 100 cm³/mol. The van der Waals surface area contributed by atoms with Gasteiger partial charge in [0.15, 0.2) is 0 Å². The molecule has 7 heteroatoms. The van der Waals surface area contributed by atoms with Crippen molar-refractivity contribution in [2.45, 2.75) is 26.1 Å². The van der Waals surface area contributed by atoms with Gasteiger partial charge in [0.25, 0.3) is 0 Å². The zero-order chi connectivity index (χ0) is 16.8. The third kappa shape index (κ3) is 5.27. The Hall–Kier alpha value is -0.0331. The van der Waals surface area contributed by atoms with E-state index in [2.05, 4.69) is 44.8 Å². The van der Waals surface area contributed by atoms with E-state index in [0.717, 1.165) is 27.6 Å². The van der Waals surface area contributed by atoms with E-state index in [4.69, 9.17) is 5.11 Å². The molecule has 0 atom stereocenters. The van der Waals surface area contributed by atoms with E-state index in [-0.39, 0.29) is 60.5 Å². The van der Waals surface area contributed by atoms with Gasteiger partial charge in [-0.1, -0.05) is 79.6 Å². The Labute approximate surface area is 190 Å². The molecule has 3 aliphatic rings. The van der Waals surface area contributed by atoms with Crippen molar-refractivity contribution in [3.05, 3.63) is 63.3 Å². The molecule has 0 radical (unpaired) electrons. The normalized spacial score (nSPS) is 16.8. The molecule has 2 nitrogen and oxygen atoms in total. The number of hydrogen-bond donors (Lipinski definition) is 1. The standard InChI is InChI=1S/C14H9OSi.C5H13OSi.2ClH.Zr/c1-7-8-4-2-3-5-9(8)12-10(7)6-11-14(16-11)13(12)15;1-7(2,3)5-4-6;;;/h2-5H,16H2,1H3;6H,1,4-5H2,2-3H3;2*1H;/q2*-1;;;+4/p-2. The van der Waals surface area contributed by atoms with Gasteiger partial charge in [-0.05, 0) is 0 Å². The van der Waals surface area contributed by atoms with E-state index in [0.29, 0.717) is 12.4 Å². The van der Waals surface area contributed by atoms with E-state index in [1.54, 1.807) is 0 Å². The largest absolute Gasteiger partial charge is 4.00 e. The summed E-state index contributed by atoms with van der Waals surface area (Å²) in [4.78, 5) is 12.2. The van der Waals surface area contributed by atoms with Crippen LogP contribution in [0, 0.1) is 12.6 Å². The smallest absolute Gasteiger partial charge is 1.00 e. The van der Waals surface area contributed by atoms with Crippen LogP contribution in [0.2, 0.25) is 19.1 Å². The summed E-state index contributed by atoms with van der Waals surface area (Å²) in [5.41, 5.74) is 3.19. The minimum Gasteiger partial charge on any atom is -1.00 e. The number of Topliss-reactive ketones (excluding diaryl/α,β-unsaturated/α-hetero) is 1. The molecular weight excluding hydrogens is 479 g/mol. The zero-order valence-electron chi connectivity index (χ0n) is 15.2. The fourth-order valence-corrected chi connectivity index (χ4v) is 4.67. The fourth-order valence-electron chi connectivity index (χ4n) is 2.95. The molecular formula is C19H22Cl2O2Si2Zr. The zero-order valence-corrected chi connectivity index (χ0v) is 21.6. The van der Waals surface area contributed by atoms with Crippen molar-refractivity contribution in [1.82, 2.24) is 0 Å². The molecule has 1 N–H and O–H groups in total. The quantitative estimate of drug-likeness (QED) is 0.326. The maximum atomic E-state index is 12.2. The number of benzene rings is 1. The van der Waals surface area contributed by atoms with E-state index in [1.807, 2.05) is 12.1 Å². The number of fused-ring (bicyclic) bond motifs is 2. The minimum absolute atomic E-state index is 0. The molecule has 26 heavy (non-hydrogen) atoms. The van der Waals surface area contributed by atoms with Crippen LogP contribution < -0.4 is 35.3 Å². The molecule has 0 unspecified atom stereocenters. The Morgan fingerprint density at radius 1 is 1.19 bits per heavy atom. The first-order valence-electron chi connectivity index (χ1n) is 8.01. The van der Waals surface area contributed by atoms with Crippen molar-refractivity contribution in [2.75, 3.05) is 6.61 Å². The number of rotatable bonds is 2. The molecule has 1 aromatic carbocycles. The van der Waals surface area contributed by atoms with Crippen molar-refractivity contribution in [3.63, 3.8) is 0 Å². The van der Waals surface area contributed by atoms with Crippen LogP contribution in [0.4, 0.5) is 0 Å². The van der Waals surface area contributed by atoms with Crippen molar-refractivity contribution in [2.24, 2.45) is 0 Å². The second-order valence-corrected chi connectivity index (χ2v) is 13.7. The fraction of sp³-hybridized carbons (Fsp3) is 0.263. The third-order valence-electron chi connectivity index (χ3n) is 4.38. The summed E-state index contributed by atoms with van der Waals surface area (Å²) in [6.07, 6.45) is 3.44. The van der Waals surface area contributed by atoms with Gasteiger partial charge < -0.3 is 41.3 Å². The summed E-state index contributed by atoms with van der Waals surface area (Å²) in [5.74, 6) is 0.291. The van der Waals surface area contributed by atoms with Gasteiger partial charge in [0, 0.05) is 16.1 Å². The molecule has 1 aliphatic heterocycles. The minimum atomic E-state index is -1.16. The van der Waals surface area contributed by atoms with Gasteiger partial charge in [0.1, 0.15) is 5.78 Å². The monoisotopic (exact) mass is 498 g/mol. The van der Waals surface area contributed by atoms with E-state index < -0.39 is 8.07 Å². The number of carbonyl (C=O) groups is 1. The van der Waals surface area contributed by atoms with Gasteiger partial charge >= 0.3 is 26.2 Å². The van der Waals surface area contributed by atoms with Crippen LogP contribution in [0.5, 0.6) is 0 Å². The SMILES string of the molecule is CC1=c2ccccc2=C2C(=O)C3=C([C-]=C12)[SiH2]3.[CH2-][Si](C)(C)CCO.[Cl-].[Cl-].[Zr+4]. The Bertz CT molecular complexity index is 884. The summed E-state index contributed by atoms with van der Waals surface area (Å²) in [6, 6.07) is 9.10. The second kappa shape index (κ2) is 9.95. The molecule has 0 saturated heterocycles. The average molecular weight is 501 g/mol. The molecule has 0 spiro atoms. The molecule has 4 rings (SSSR count). The van der Waals surface area contributed by atoms with Gasteiger partial charge in [0.05, 0.1) is 0 Å². The molecule has 0 aromatic heterocycles. The summed E-state index contributed by atoms with van der Waals surface area (Å²) >= 11 is 0. The molecule has 0 amide bonds. The van der Waals surface area contributed by atoms with Crippen LogP contribution in [0.3, 0.4) is 0 Å². The van der Waals surface area contributed by atoms with Gasteiger partial charge in [-0.15, -0.1) is 22.4 Å². The molecule has 1 heterocycles. The summed E-state index contributed by atoms with van der Waals surface area (Å²) in [6.45, 7) is 10.6. The number of aliphatic hydroxyl groups excluding tert-OH is 1. The Kier molecular flexibility index (Phi) is 9.94. The van der Waals surface area contributed by atoms with Crippen LogP contribution in [-0.2, 0) is 31.0 Å². The molecule has 0 saturated carbocycles. The van der Waals surface area contributed by atoms with Crippen molar-refractivity contribution in [1.29, 1.82) is 0 Å². The van der Waals surface area contributed by atoms with Gasteiger partial charge in [-0.25, -0.2) is 0 Å². The van der Waals surface area contributed by atoms with Gasteiger partial charge in [-0.2, -0.15) is 0 Å². The summed E-state index contributed by atoms with van der Waals surface area (Å²) in [5, 5.41) is 13.1. The summed E-state index contributed by atoms with van der Waals surface area (Å²) < 4.78 is 0. The number of ketones is 1. The first-order valence-corrected chi connectivity index (χ1v) is 12.8. The molecule has 1 aromatic rings. The number of halogens is 2. The number of aliphatic hydroxyl groups is 1. The van der Waals surface area contributed by atoms with E-state index in [1.165, 1.54) is 16.0 Å². The molecule has 0 fully saturated rings. The molecule has 0 bridgehead atoms. The van der Waals surface area contributed by atoms with Crippen LogP contribution in [0.25, 0.3) is 11.1 Å². The molecule has 136 valence electrons. The first kappa shape index (κ1) is 26.0. The van der Waals surface area contributed by atoms with Gasteiger partial charge in [-0.3, -0.25) is 0 Å². The maximum Gasteiger partial charge on any atom is 4.00 e. The summed E-state index contributed by atoms with van der Waals surface area (Å²) in [7, 11) is -1.49. The Morgan fingerprint density at radius 2 is 1.77 bits per heavy atom. The third-order valence-corrected chi connectivity index (χ3v) is 7.52. The number of carbonyl (C=O) groups excluding carboxylic acids is 1. The second-order valence-electron chi connectivity index (χ2n) is 7.15. The van der Waals surface area contributed by atoms with E-state index >= 15 is 0 Å². The Morgan fingerprint density at radius 3 is 2.27 bits per heavy atom. The van der Waals surface area contributed by atoms with E-state index in [9.17, 15) is 4.79 Å². The Balaban J connectivity index is 0.000000554.